The van der Waals surface area contributed by atoms with E-state index >= 15 is 0 Å². The van der Waals surface area contributed by atoms with Crippen LogP contribution >= 0.6 is 0 Å². The lowest BCUT2D eigenvalue weighted by Crippen LogP contribution is -2.47. The summed E-state index contributed by atoms with van der Waals surface area (Å²) in [5.74, 6) is -0.244. The van der Waals surface area contributed by atoms with E-state index in [2.05, 4.69) is 5.32 Å². The SMILES string of the molecule is CCC(CO)(NC1CC1)c1ccccc1F. The molecule has 1 aromatic rings. The average molecular weight is 223 g/mol. The number of aliphatic hydroxyl groups is 1. The van der Waals surface area contributed by atoms with E-state index in [4.69, 9.17) is 0 Å². The number of hydrogen-bond donors (Lipinski definition) is 2. The van der Waals surface area contributed by atoms with Gasteiger partial charge in [-0.1, -0.05) is 25.1 Å². The van der Waals surface area contributed by atoms with E-state index in [0.29, 0.717) is 18.0 Å². The molecule has 0 saturated heterocycles. The minimum atomic E-state index is -0.619. The Morgan fingerprint density at radius 3 is 2.62 bits per heavy atom. The first-order valence-corrected chi connectivity index (χ1v) is 5.85. The summed E-state index contributed by atoms with van der Waals surface area (Å²) in [4.78, 5) is 0. The minimum Gasteiger partial charge on any atom is -0.394 e. The second-order valence-electron chi connectivity index (χ2n) is 4.49. The highest BCUT2D eigenvalue weighted by Crippen LogP contribution is 2.32. The minimum absolute atomic E-state index is 0.0685. The number of benzene rings is 1. The fraction of sp³-hybridized carbons (Fsp3) is 0.538. The molecule has 16 heavy (non-hydrogen) atoms. The van der Waals surface area contributed by atoms with Crippen LogP contribution < -0.4 is 5.32 Å². The molecule has 0 aliphatic heterocycles. The van der Waals surface area contributed by atoms with Gasteiger partial charge in [-0.2, -0.15) is 0 Å². The zero-order valence-corrected chi connectivity index (χ0v) is 9.54. The van der Waals surface area contributed by atoms with Crippen molar-refractivity contribution < 1.29 is 9.50 Å². The van der Waals surface area contributed by atoms with E-state index in [9.17, 15) is 9.50 Å². The van der Waals surface area contributed by atoms with Crippen molar-refractivity contribution in [3.8, 4) is 0 Å². The Balaban J connectivity index is 2.33. The molecule has 0 amide bonds. The molecule has 2 N–H and O–H groups in total. The van der Waals surface area contributed by atoms with Crippen LogP contribution in [0.4, 0.5) is 4.39 Å². The van der Waals surface area contributed by atoms with Crippen LogP contribution in [0.1, 0.15) is 31.7 Å². The van der Waals surface area contributed by atoms with Gasteiger partial charge in [0.2, 0.25) is 0 Å². The highest BCUT2D eigenvalue weighted by molar-refractivity contribution is 5.27. The van der Waals surface area contributed by atoms with Crippen LogP contribution in [0.3, 0.4) is 0 Å². The molecule has 1 aliphatic carbocycles. The molecule has 1 saturated carbocycles. The maximum absolute atomic E-state index is 13.8. The normalized spacial score (nSPS) is 19.4. The summed E-state index contributed by atoms with van der Waals surface area (Å²) in [6.07, 6.45) is 2.92. The Hall–Kier alpha value is -0.930. The van der Waals surface area contributed by atoms with E-state index in [0.717, 1.165) is 12.8 Å². The van der Waals surface area contributed by atoms with Gasteiger partial charge < -0.3 is 10.4 Å². The predicted octanol–water partition coefficient (Wildman–Crippen LogP) is 2.18. The van der Waals surface area contributed by atoms with Gasteiger partial charge in [-0.15, -0.1) is 0 Å². The molecule has 88 valence electrons. The van der Waals surface area contributed by atoms with Gasteiger partial charge in [0, 0.05) is 11.6 Å². The van der Waals surface area contributed by atoms with E-state index < -0.39 is 5.54 Å². The highest BCUT2D eigenvalue weighted by Gasteiger charge is 2.37. The van der Waals surface area contributed by atoms with E-state index in [1.54, 1.807) is 12.1 Å². The molecule has 2 rings (SSSR count). The zero-order chi connectivity index (χ0) is 11.6. The van der Waals surface area contributed by atoms with Crippen molar-refractivity contribution in [2.75, 3.05) is 6.61 Å². The first-order chi connectivity index (χ1) is 7.72. The van der Waals surface area contributed by atoms with Gasteiger partial charge in [0.1, 0.15) is 5.82 Å². The summed E-state index contributed by atoms with van der Waals surface area (Å²) in [7, 11) is 0. The standard InChI is InChI=1S/C13H18FNO/c1-2-13(9-16,15-10-7-8-10)11-5-3-4-6-12(11)14/h3-6,10,15-16H,2,7-9H2,1H3. The fourth-order valence-corrected chi connectivity index (χ4v) is 2.08. The Morgan fingerprint density at radius 1 is 1.44 bits per heavy atom. The molecule has 0 aromatic heterocycles. The number of hydrogen-bond acceptors (Lipinski definition) is 2. The van der Waals surface area contributed by atoms with Crippen LogP contribution in [0, 0.1) is 5.82 Å². The molecule has 1 aromatic carbocycles. The molecule has 1 fully saturated rings. The molecule has 1 atom stereocenters. The third kappa shape index (κ3) is 2.11. The number of halogens is 1. The van der Waals surface area contributed by atoms with Gasteiger partial charge in [0.15, 0.2) is 0 Å². The predicted molar refractivity (Wildman–Crippen MR) is 61.6 cm³/mol. The Labute approximate surface area is 95.5 Å². The maximum Gasteiger partial charge on any atom is 0.128 e. The maximum atomic E-state index is 13.8. The first-order valence-electron chi connectivity index (χ1n) is 5.85. The monoisotopic (exact) mass is 223 g/mol. The fourth-order valence-electron chi connectivity index (χ4n) is 2.08. The van der Waals surface area contributed by atoms with Crippen molar-refractivity contribution in [2.24, 2.45) is 0 Å². The van der Waals surface area contributed by atoms with E-state index in [1.807, 2.05) is 13.0 Å². The lowest BCUT2D eigenvalue weighted by atomic mass is 9.87. The van der Waals surface area contributed by atoms with Gasteiger partial charge >= 0.3 is 0 Å². The molecule has 0 radical (unpaired) electrons. The Morgan fingerprint density at radius 2 is 2.12 bits per heavy atom. The Bertz CT molecular complexity index is 359. The molecule has 2 nitrogen and oxygen atoms in total. The summed E-state index contributed by atoms with van der Waals surface area (Å²) in [6.45, 7) is 1.90. The van der Waals surface area contributed by atoms with Crippen LogP contribution in [0.15, 0.2) is 24.3 Å². The van der Waals surface area contributed by atoms with Crippen LogP contribution in [0.25, 0.3) is 0 Å². The number of nitrogens with one attached hydrogen (secondary N) is 1. The molecular formula is C13H18FNO. The largest absolute Gasteiger partial charge is 0.394 e. The molecular weight excluding hydrogens is 205 g/mol. The molecule has 3 heteroatoms. The van der Waals surface area contributed by atoms with Crippen molar-refractivity contribution >= 4 is 0 Å². The van der Waals surface area contributed by atoms with Crippen LogP contribution in [-0.4, -0.2) is 17.8 Å². The summed E-state index contributed by atoms with van der Waals surface area (Å²) in [6, 6.07) is 7.13. The summed E-state index contributed by atoms with van der Waals surface area (Å²) in [5.41, 5.74) is -0.0427. The Kier molecular flexibility index (Phi) is 3.26. The van der Waals surface area contributed by atoms with Crippen molar-refractivity contribution in [1.82, 2.24) is 5.32 Å². The van der Waals surface area contributed by atoms with Crippen molar-refractivity contribution in [3.05, 3.63) is 35.6 Å². The molecule has 0 spiro atoms. The molecule has 1 aliphatic rings. The molecule has 0 bridgehead atoms. The van der Waals surface area contributed by atoms with Crippen LogP contribution in [0.5, 0.6) is 0 Å². The van der Waals surface area contributed by atoms with Gasteiger partial charge in [0.25, 0.3) is 0 Å². The quantitative estimate of drug-likeness (QED) is 0.802. The van der Waals surface area contributed by atoms with E-state index in [-0.39, 0.29) is 12.4 Å². The third-order valence-corrected chi connectivity index (χ3v) is 3.32. The lowest BCUT2D eigenvalue weighted by molar-refractivity contribution is 0.150. The number of rotatable bonds is 5. The topological polar surface area (TPSA) is 32.3 Å². The van der Waals surface area contributed by atoms with E-state index in [1.165, 1.54) is 6.07 Å². The number of aliphatic hydroxyl groups excluding tert-OH is 1. The summed E-state index contributed by atoms with van der Waals surface area (Å²) >= 11 is 0. The highest BCUT2D eigenvalue weighted by atomic mass is 19.1. The van der Waals surface area contributed by atoms with Crippen LogP contribution in [-0.2, 0) is 5.54 Å². The smallest absolute Gasteiger partial charge is 0.128 e. The second-order valence-corrected chi connectivity index (χ2v) is 4.49. The zero-order valence-electron chi connectivity index (χ0n) is 9.54. The van der Waals surface area contributed by atoms with Crippen molar-refractivity contribution in [1.29, 1.82) is 0 Å². The van der Waals surface area contributed by atoms with Crippen molar-refractivity contribution in [2.45, 2.75) is 37.8 Å². The van der Waals surface area contributed by atoms with Crippen LogP contribution in [0.2, 0.25) is 0 Å². The molecule has 0 heterocycles. The molecule has 1 unspecified atom stereocenters. The average Bonchev–Trinajstić information content (AvgIpc) is 3.11. The van der Waals surface area contributed by atoms with Gasteiger partial charge in [0.05, 0.1) is 12.1 Å². The van der Waals surface area contributed by atoms with Gasteiger partial charge in [-0.05, 0) is 25.3 Å². The lowest BCUT2D eigenvalue weighted by Gasteiger charge is -2.33. The summed E-state index contributed by atoms with van der Waals surface area (Å²) in [5, 5.41) is 13.0. The van der Waals surface area contributed by atoms with Crippen molar-refractivity contribution in [3.63, 3.8) is 0 Å². The van der Waals surface area contributed by atoms with Gasteiger partial charge in [-0.25, -0.2) is 4.39 Å². The first kappa shape index (κ1) is 11.6. The van der Waals surface area contributed by atoms with Gasteiger partial charge in [-0.3, -0.25) is 0 Å². The summed E-state index contributed by atoms with van der Waals surface area (Å²) < 4.78 is 13.8. The third-order valence-electron chi connectivity index (χ3n) is 3.32. The second kappa shape index (κ2) is 4.52.